The molecule has 0 aliphatic carbocycles. The van der Waals surface area contributed by atoms with Crippen LogP contribution >= 0.6 is 0 Å². The molecule has 1 atom stereocenters. The van der Waals surface area contributed by atoms with Crippen LogP contribution in [-0.4, -0.2) is 0 Å². The molecule has 1 unspecified atom stereocenters. The van der Waals surface area contributed by atoms with E-state index in [2.05, 4.69) is 39.8 Å². The van der Waals surface area contributed by atoms with Crippen LogP contribution in [0.25, 0.3) is 0 Å². The average Bonchev–Trinajstić information content (AvgIpc) is 2.10. The van der Waals surface area contributed by atoms with Gasteiger partial charge in [-0.25, -0.2) is 0 Å². The van der Waals surface area contributed by atoms with E-state index in [4.69, 9.17) is 5.73 Å². The monoisotopic (exact) mass is 177 g/mol. The number of nitrogens with two attached hydrogens (primary N) is 1. The molecule has 1 heteroatoms. The zero-order valence-corrected chi connectivity index (χ0v) is 9.02. The minimum atomic E-state index is 0.568. The Morgan fingerprint density at radius 1 is 1.31 bits per heavy atom. The lowest BCUT2D eigenvalue weighted by atomic mass is 9.93. The van der Waals surface area contributed by atoms with Gasteiger partial charge in [-0.05, 0) is 37.3 Å². The number of hydrogen-bond acceptors (Lipinski definition) is 1. The standard InChI is InChI=1S/C12H19N/c1-5-9(3)11-7-8(2)6-10(4)12(11)13/h6-7,9H,5,13H2,1-4H3. The summed E-state index contributed by atoms with van der Waals surface area (Å²) in [4.78, 5) is 0. The highest BCUT2D eigenvalue weighted by molar-refractivity contribution is 5.56. The van der Waals surface area contributed by atoms with Crippen LogP contribution < -0.4 is 5.73 Å². The third-order valence-electron chi connectivity index (χ3n) is 2.71. The van der Waals surface area contributed by atoms with Crippen molar-refractivity contribution in [3.05, 3.63) is 28.8 Å². The molecule has 1 nitrogen and oxygen atoms in total. The first-order chi connectivity index (χ1) is 6.06. The summed E-state index contributed by atoms with van der Waals surface area (Å²) in [5.41, 5.74) is 10.8. The van der Waals surface area contributed by atoms with Crippen molar-refractivity contribution in [2.75, 3.05) is 5.73 Å². The van der Waals surface area contributed by atoms with E-state index in [0.29, 0.717) is 5.92 Å². The molecule has 1 rings (SSSR count). The van der Waals surface area contributed by atoms with Crippen molar-refractivity contribution in [2.45, 2.75) is 40.0 Å². The van der Waals surface area contributed by atoms with E-state index in [1.165, 1.54) is 16.7 Å². The highest BCUT2D eigenvalue weighted by atomic mass is 14.6. The Labute approximate surface area is 81.0 Å². The fraction of sp³-hybridized carbons (Fsp3) is 0.500. The van der Waals surface area contributed by atoms with Crippen LogP contribution in [0.1, 0.15) is 42.9 Å². The second kappa shape index (κ2) is 3.82. The predicted octanol–water partition coefficient (Wildman–Crippen LogP) is 3.40. The van der Waals surface area contributed by atoms with E-state index < -0.39 is 0 Å². The molecule has 0 aromatic heterocycles. The summed E-state index contributed by atoms with van der Waals surface area (Å²) < 4.78 is 0. The molecule has 0 spiro atoms. The van der Waals surface area contributed by atoms with E-state index >= 15 is 0 Å². The Morgan fingerprint density at radius 3 is 2.46 bits per heavy atom. The summed E-state index contributed by atoms with van der Waals surface area (Å²) in [5, 5.41) is 0. The smallest absolute Gasteiger partial charge is 0.0379 e. The topological polar surface area (TPSA) is 26.0 Å². The quantitative estimate of drug-likeness (QED) is 0.688. The Hall–Kier alpha value is -0.980. The van der Waals surface area contributed by atoms with Gasteiger partial charge in [0.15, 0.2) is 0 Å². The molecule has 0 aliphatic heterocycles. The van der Waals surface area contributed by atoms with E-state index in [1.54, 1.807) is 0 Å². The lowest BCUT2D eigenvalue weighted by Crippen LogP contribution is -2.01. The van der Waals surface area contributed by atoms with Gasteiger partial charge in [0.25, 0.3) is 0 Å². The van der Waals surface area contributed by atoms with Crippen LogP contribution in [0.15, 0.2) is 12.1 Å². The lowest BCUT2D eigenvalue weighted by molar-refractivity contribution is 0.734. The normalized spacial score (nSPS) is 12.9. The molecule has 72 valence electrons. The highest BCUT2D eigenvalue weighted by Crippen LogP contribution is 2.28. The van der Waals surface area contributed by atoms with Gasteiger partial charge in [0, 0.05) is 5.69 Å². The van der Waals surface area contributed by atoms with Crippen molar-refractivity contribution in [2.24, 2.45) is 0 Å². The van der Waals surface area contributed by atoms with Crippen molar-refractivity contribution in [3.63, 3.8) is 0 Å². The number of aryl methyl sites for hydroxylation is 2. The molecule has 0 saturated carbocycles. The fourth-order valence-electron chi connectivity index (χ4n) is 1.64. The fourth-order valence-corrected chi connectivity index (χ4v) is 1.64. The maximum Gasteiger partial charge on any atom is 0.0379 e. The molecule has 0 aliphatic rings. The molecule has 1 aromatic carbocycles. The molecule has 0 fully saturated rings. The third-order valence-corrected chi connectivity index (χ3v) is 2.71. The maximum absolute atomic E-state index is 6.03. The zero-order valence-electron chi connectivity index (χ0n) is 9.02. The van der Waals surface area contributed by atoms with E-state index in [9.17, 15) is 0 Å². The second-order valence-electron chi connectivity index (χ2n) is 3.89. The van der Waals surface area contributed by atoms with Crippen molar-refractivity contribution < 1.29 is 0 Å². The number of benzene rings is 1. The van der Waals surface area contributed by atoms with E-state index in [0.717, 1.165) is 12.1 Å². The predicted molar refractivity (Wildman–Crippen MR) is 59.0 cm³/mol. The molecular weight excluding hydrogens is 158 g/mol. The largest absolute Gasteiger partial charge is 0.398 e. The van der Waals surface area contributed by atoms with Gasteiger partial charge in [-0.2, -0.15) is 0 Å². The first-order valence-electron chi connectivity index (χ1n) is 4.92. The molecule has 2 N–H and O–H groups in total. The van der Waals surface area contributed by atoms with Crippen LogP contribution in [-0.2, 0) is 0 Å². The summed E-state index contributed by atoms with van der Waals surface area (Å²) in [7, 11) is 0. The van der Waals surface area contributed by atoms with Gasteiger partial charge in [0.2, 0.25) is 0 Å². The van der Waals surface area contributed by atoms with Gasteiger partial charge < -0.3 is 5.73 Å². The van der Waals surface area contributed by atoms with Gasteiger partial charge in [0.1, 0.15) is 0 Å². The van der Waals surface area contributed by atoms with Gasteiger partial charge >= 0.3 is 0 Å². The maximum atomic E-state index is 6.03. The molecule has 0 amide bonds. The Balaban J connectivity index is 3.20. The summed E-state index contributed by atoms with van der Waals surface area (Å²) >= 11 is 0. The average molecular weight is 177 g/mol. The van der Waals surface area contributed by atoms with E-state index in [1.807, 2.05) is 0 Å². The zero-order chi connectivity index (χ0) is 10.0. The van der Waals surface area contributed by atoms with Crippen molar-refractivity contribution >= 4 is 5.69 Å². The Morgan fingerprint density at radius 2 is 1.92 bits per heavy atom. The Bertz CT molecular complexity index is 302. The van der Waals surface area contributed by atoms with Crippen molar-refractivity contribution in [1.82, 2.24) is 0 Å². The molecule has 1 aromatic rings. The molecule has 0 radical (unpaired) electrons. The molecule has 0 saturated heterocycles. The molecular formula is C12H19N. The van der Waals surface area contributed by atoms with Gasteiger partial charge in [-0.1, -0.05) is 31.5 Å². The van der Waals surface area contributed by atoms with Crippen molar-refractivity contribution in [3.8, 4) is 0 Å². The summed E-state index contributed by atoms with van der Waals surface area (Å²) in [6.45, 7) is 8.62. The van der Waals surface area contributed by atoms with Crippen LogP contribution in [0.4, 0.5) is 5.69 Å². The number of rotatable bonds is 2. The number of nitrogen functional groups attached to an aromatic ring is 1. The van der Waals surface area contributed by atoms with Crippen LogP contribution in [0.3, 0.4) is 0 Å². The SMILES string of the molecule is CCC(C)c1cc(C)cc(C)c1N. The van der Waals surface area contributed by atoms with Gasteiger partial charge in [-0.3, -0.25) is 0 Å². The van der Waals surface area contributed by atoms with Crippen LogP contribution in [0, 0.1) is 13.8 Å². The molecule has 0 heterocycles. The first-order valence-corrected chi connectivity index (χ1v) is 4.92. The van der Waals surface area contributed by atoms with Gasteiger partial charge in [0.05, 0.1) is 0 Å². The summed E-state index contributed by atoms with van der Waals surface area (Å²) in [6, 6.07) is 4.34. The highest BCUT2D eigenvalue weighted by Gasteiger charge is 2.09. The number of hydrogen-bond donors (Lipinski definition) is 1. The molecule has 0 bridgehead atoms. The number of anilines is 1. The summed E-state index contributed by atoms with van der Waals surface area (Å²) in [6.07, 6.45) is 1.15. The molecule has 13 heavy (non-hydrogen) atoms. The van der Waals surface area contributed by atoms with Gasteiger partial charge in [-0.15, -0.1) is 0 Å². The second-order valence-corrected chi connectivity index (χ2v) is 3.89. The van der Waals surface area contributed by atoms with Crippen molar-refractivity contribution in [1.29, 1.82) is 0 Å². The first kappa shape index (κ1) is 10.1. The van der Waals surface area contributed by atoms with Crippen LogP contribution in [0.2, 0.25) is 0 Å². The minimum Gasteiger partial charge on any atom is -0.398 e. The third kappa shape index (κ3) is 2.03. The van der Waals surface area contributed by atoms with E-state index in [-0.39, 0.29) is 0 Å². The van der Waals surface area contributed by atoms with Crippen LogP contribution in [0.5, 0.6) is 0 Å². The Kier molecular flexibility index (Phi) is 2.97. The minimum absolute atomic E-state index is 0.568. The lowest BCUT2D eigenvalue weighted by Gasteiger charge is -2.15. The summed E-state index contributed by atoms with van der Waals surface area (Å²) in [5.74, 6) is 0.568.